The van der Waals surface area contributed by atoms with E-state index in [2.05, 4.69) is 0 Å². The third kappa shape index (κ3) is 2.35. The molecule has 1 heterocycles. The van der Waals surface area contributed by atoms with Gasteiger partial charge in [0.2, 0.25) is 10.0 Å². The Morgan fingerprint density at radius 2 is 1.95 bits per heavy atom. The molecule has 0 spiro atoms. The molecule has 1 aliphatic heterocycles. The van der Waals surface area contributed by atoms with Gasteiger partial charge in [0, 0.05) is 12.6 Å². The van der Waals surface area contributed by atoms with Gasteiger partial charge < -0.3 is 5.11 Å². The summed E-state index contributed by atoms with van der Waals surface area (Å²) in [4.78, 5) is -0.910. The van der Waals surface area contributed by atoms with Gasteiger partial charge in [0.05, 0.1) is 6.61 Å². The highest BCUT2D eigenvalue weighted by molar-refractivity contribution is 7.89. The van der Waals surface area contributed by atoms with Crippen LogP contribution in [0.2, 0.25) is 0 Å². The highest BCUT2D eigenvalue weighted by Gasteiger charge is 2.37. The second-order valence-electron chi connectivity index (χ2n) is 4.27. The van der Waals surface area contributed by atoms with E-state index in [4.69, 9.17) is 5.11 Å². The number of aliphatic hydroxyl groups is 1. The van der Waals surface area contributed by atoms with Crippen LogP contribution in [0.1, 0.15) is 12.8 Å². The molecule has 1 fully saturated rings. The van der Waals surface area contributed by atoms with Gasteiger partial charge in [0.15, 0.2) is 17.5 Å². The topological polar surface area (TPSA) is 57.6 Å². The molecule has 0 aromatic heterocycles. The lowest BCUT2D eigenvalue weighted by atomic mass is 10.2. The maximum Gasteiger partial charge on any atom is 0.246 e. The minimum Gasteiger partial charge on any atom is -0.395 e. The number of sulfonamides is 1. The number of halogens is 3. The lowest BCUT2D eigenvalue weighted by Crippen LogP contribution is -2.38. The molecule has 106 valence electrons. The Morgan fingerprint density at radius 3 is 2.58 bits per heavy atom. The second-order valence-corrected chi connectivity index (χ2v) is 6.13. The third-order valence-electron chi connectivity index (χ3n) is 3.12. The Labute approximate surface area is 108 Å². The van der Waals surface area contributed by atoms with Crippen molar-refractivity contribution in [2.75, 3.05) is 13.2 Å². The summed E-state index contributed by atoms with van der Waals surface area (Å²) in [6.07, 6.45) is 0.969. The van der Waals surface area contributed by atoms with Crippen LogP contribution in [0, 0.1) is 17.5 Å². The SMILES string of the molecule is O=S(=O)(c1ccc(F)c(F)c1F)N1CCCC1CO. The third-order valence-corrected chi connectivity index (χ3v) is 5.09. The number of benzene rings is 1. The highest BCUT2D eigenvalue weighted by atomic mass is 32.2. The molecule has 8 heteroatoms. The van der Waals surface area contributed by atoms with Crippen LogP contribution >= 0.6 is 0 Å². The smallest absolute Gasteiger partial charge is 0.246 e. The number of aliphatic hydroxyl groups excluding tert-OH is 1. The molecule has 2 rings (SSSR count). The molecule has 0 radical (unpaired) electrons. The van der Waals surface area contributed by atoms with E-state index in [1.807, 2.05) is 0 Å². The second kappa shape index (κ2) is 5.10. The molecular weight excluding hydrogens is 283 g/mol. The van der Waals surface area contributed by atoms with Gasteiger partial charge in [0.1, 0.15) is 4.90 Å². The average molecular weight is 295 g/mol. The van der Waals surface area contributed by atoms with E-state index in [1.54, 1.807) is 0 Å². The van der Waals surface area contributed by atoms with Crippen molar-refractivity contribution in [2.24, 2.45) is 0 Å². The number of rotatable bonds is 3. The molecule has 1 aromatic rings. The van der Waals surface area contributed by atoms with Crippen molar-refractivity contribution >= 4 is 10.0 Å². The Kier molecular flexibility index (Phi) is 3.84. The van der Waals surface area contributed by atoms with E-state index in [0.29, 0.717) is 25.0 Å². The molecule has 1 aliphatic rings. The molecule has 1 unspecified atom stereocenters. The van der Waals surface area contributed by atoms with Gasteiger partial charge >= 0.3 is 0 Å². The zero-order chi connectivity index (χ0) is 14.2. The molecule has 1 aromatic carbocycles. The zero-order valence-corrected chi connectivity index (χ0v) is 10.6. The van der Waals surface area contributed by atoms with Crippen LogP contribution in [-0.4, -0.2) is 37.0 Å². The molecule has 0 bridgehead atoms. The van der Waals surface area contributed by atoms with Gasteiger partial charge in [-0.25, -0.2) is 21.6 Å². The largest absolute Gasteiger partial charge is 0.395 e. The molecule has 1 N–H and O–H groups in total. The Balaban J connectivity index is 2.48. The minimum absolute atomic E-state index is 0.117. The predicted octanol–water partition coefficient (Wildman–Crippen LogP) is 1.25. The summed E-state index contributed by atoms with van der Waals surface area (Å²) in [5.41, 5.74) is 0. The fourth-order valence-corrected chi connectivity index (χ4v) is 3.88. The maximum atomic E-state index is 13.6. The molecule has 0 saturated carbocycles. The average Bonchev–Trinajstić information content (AvgIpc) is 2.84. The standard InChI is InChI=1S/C11H12F3NO3S/c12-8-3-4-9(11(14)10(8)13)19(17,18)15-5-1-2-7(15)6-16/h3-4,7,16H,1-2,5-6H2. The number of hydrogen-bond donors (Lipinski definition) is 1. The van der Waals surface area contributed by atoms with Crippen molar-refractivity contribution in [1.29, 1.82) is 0 Å². The van der Waals surface area contributed by atoms with Crippen molar-refractivity contribution in [3.05, 3.63) is 29.6 Å². The van der Waals surface area contributed by atoms with E-state index >= 15 is 0 Å². The van der Waals surface area contributed by atoms with Gasteiger partial charge in [-0.15, -0.1) is 0 Å². The monoisotopic (exact) mass is 295 g/mol. The molecule has 1 atom stereocenters. The van der Waals surface area contributed by atoms with Gasteiger partial charge in [-0.1, -0.05) is 0 Å². The first-order valence-electron chi connectivity index (χ1n) is 5.65. The van der Waals surface area contributed by atoms with E-state index in [9.17, 15) is 21.6 Å². The van der Waals surface area contributed by atoms with Crippen LogP contribution in [0.3, 0.4) is 0 Å². The first kappa shape index (κ1) is 14.3. The lowest BCUT2D eigenvalue weighted by Gasteiger charge is -2.22. The summed E-state index contributed by atoms with van der Waals surface area (Å²) in [5.74, 6) is -5.00. The molecular formula is C11H12F3NO3S. The van der Waals surface area contributed by atoms with Crippen LogP contribution in [0.4, 0.5) is 13.2 Å². The maximum absolute atomic E-state index is 13.6. The lowest BCUT2D eigenvalue weighted by molar-refractivity contribution is 0.213. The van der Waals surface area contributed by atoms with E-state index in [1.165, 1.54) is 0 Å². The zero-order valence-electron chi connectivity index (χ0n) is 9.81. The van der Waals surface area contributed by atoms with Gasteiger partial charge in [-0.3, -0.25) is 0 Å². The van der Waals surface area contributed by atoms with Crippen LogP contribution < -0.4 is 0 Å². The number of nitrogens with zero attached hydrogens (tertiary/aromatic N) is 1. The van der Waals surface area contributed by atoms with Crippen LogP contribution in [0.5, 0.6) is 0 Å². The fourth-order valence-electron chi connectivity index (χ4n) is 2.14. The van der Waals surface area contributed by atoms with Crippen molar-refractivity contribution in [2.45, 2.75) is 23.8 Å². The van der Waals surface area contributed by atoms with Crippen molar-refractivity contribution in [3.63, 3.8) is 0 Å². The summed E-state index contributed by atoms with van der Waals surface area (Å²) in [6, 6.07) is 0.600. The predicted molar refractivity (Wildman–Crippen MR) is 60.3 cm³/mol. The Bertz CT molecular complexity index is 591. The summed E-state index contributed by atoms with van der Waals surface area (Å²) in [6.45, 7) is -0.281. The van der Waals surface area contributed by atoms with Crippen molar-refractivity contribution in [1.82, 2.24) is 4.31 Å². The van der Waals surface area contributed by atoms with E-state index in [0.717, 1.165) is 4.31 Å². The fraction of sp³-hybridized carbons (Fsp3) is 0.455. The summed E-state index contributed by atoms with van der Waals surface area (Å²) < 4.78 is 64.7. The first-order valence-corrected chi connectivity index (χ1v) is 7.09. The first-order chi connectivity index (χ1) is 8.89. The minimum atomic E-state index is -4.28. The molecule has 1 saturated heterocycles. The van der Waals surface area contributed by atoms with Crippen LogP contribution in [0.15, 0.2) is 17.0 Å². The summed E-state index contributed by atoms with van der Waals surface area (Å²) in [5, 5.41) is 9.08. The molecule has 19 heavy (non-hydrogen) atoms. The van der Waals surface area contributed by atoms with Crippen molar-refractivity contribution < 1.29 is 26.7 Å². The van der Waals surface area contributed by atoms with Gasteiger partial charge in [0.25, 0.3) is 0 Å². The summed E-state index contributed by atoms with van der Waals surface area (Å²) >= 11 is 0. The Hall–Kier alpha value is -1.12. The van der Waals surface area contributed by atoms with Crippen LogP contribution in [0.25, 0.3) is 0 Å². The van der Waals surface area contributed by atoms with Gasteiger partial charge in [-0.05, 0) is 25.0 Å². The highest BCUT2D eigenvalue weighted by Crippen LogP contribution is 2.28. The van der Waals surface area contributed by atoms with Crippen molar-refractivity contribution in [3.8, 4) is 0 Å². The van der Waals surface area contributed by atoms with Crippen LogP contribution in [-0.2, 0) is 10.0 Å². The summed E-state index contributed by atoms with van der Waals surface area (Å²) in [7, 11) is -4.28. The van der Waals surface area contributed by atoms with E-state index < -0.39 is 45.0 Å². The normalized spacial score (nSPS) is 20.9. The van der Waals surface area contributed by atoms with Gasteiger partial charge in [-0.2, -0.15) is 4.31 Å². The molecule has 4 nitrogen and oxygen atoms in total. The number of hydrogen-bond acceptors (Lipinski definition) is 3. The Morgan fingerprint density at radius 1 is 1.26 bits per heavy atom. The van der Waals surface area contributed by atoms with E-state index in [-0.39, 0.29) is 6.54 Å². The molecule has 0 amide bonds. The molecule has 0 aliphatic carbocycles. The quantitative estimate of drug-likeness (QED) is 0.854.